The number of hydrogen-bond donors (Lipinski definition) is 1. The van der Waals surface area contributed by atoms with Crippen molar-refractivity contribution in [2.45, 2.75) is 10.1 Å². The zero-order chi connectivity index (χ0) is 18.4. The summed E-state index contributed by atoms with van der Waals surface area (Å²) in [5.74, 6) is 0.0890. The molecule has 0 spiro atoms. The van der Waals surface area contributed by atoms with E-state index in [9.17, 15) is 9.18 Å². The predicted molar refractivity (Wildman–Crippen MR) is 103 cm³/mol. The number of methoxy groups -OCH3 is 1. The first kappa shape index (κ1) is 18.0. The second-order valence-corrected chi connectivity index (χ2v) is 6.71. The van der Waals surface area contributed by atoms with Gasteiger partial charge in [0.05, 0.1) is 7.11 Å². The van der Waals surface area contributed by atoms with E-state index in [1.165, 1.54) is 17.8 Å². The molecule has 3 aromatic carbocycles. The molecule has 0 aromatic heterocycles. The third-order valence-corrected chi connectivity index (χ3v) is 5.07. The lowest BCUT2D eigenvalue weighted by Crippen LogP contribution is -2.19. The SMILES string of the molecule is COc1cccc(NC(=O)C(Sc2ccccc2F)c2ccccc2)c1. The Morgan fingerprint density at radius 1 is 1.00 bits per heavy atom. The molecule has 3 rings (SSSR count). The van der Waals surface area contributed by atoms with Gasteiger partial charge in [-0.3, -0.25) is 4.79 Å². The Hall–Kier alpha value is -2.79. The van der Waals surface area contributed by atoms with Gasteiger partial charge in [0.15, 0.2) is 0 Å². The summed E-state index contributed by atoms with van der Waals surface area (Å²) in [4.78, 5) is 13.4. The highest BCUT2D eigenvalue weighted by atomic mass is 32.2. The summed E-state index contributed by atoms with van der Waals surface area (Å²) in [5.41, 5.74) is 1.44. The smallest absolute Gasteiger partial charge is 0.242 e. The van der Waals surface area contributed by atoms with Crippen LogP contribution in [0.4, 0.5) is 10.1 Å². The third-order valence-electron chi connectivity index (χ3n) is 3.76. The van der Waals surface area contributed by atoms with Crippen LogP contribution >= 0.6 is 11.8 Å². The van der Waals surface area contributed by atoms with Crippen molar-refractivity contribution in [3.8, 4) is 5.75 Å². The molecule has 0 fully saturated rings. The van der Waals surface area contributed by atoms with Gasteiger partial charge in [0, 0.05) is 16.6 Å². The number of rotatable bonds is 6. The first-order chi connectivity index (χ1) is 12.7. The predicted octanol–water partition coefficient (Wildman–Crippen LogP) is 5.31. The quantitative estimate of drug-likeness (QED) is 0.600. The molecule has 1 unspecified atom stereocenters. The van der Waals surface area contributed by atoms with Gasteiger partial charge in [-0.1, -0.05) is 48.5 Å². The van der Waals surface area contributed by atoms with Gasteiger partial charge in [-0.2, -0.15) is 0 Å². The van der Waals surface area contributed by atoms with Gasteiger partial charge in [-0.05, 0) is 29.8 Å². The average molecular weight is 367 g/mol. The molecule has 5 heteroatoms. The third kappa shape index (κ3) is 4.43. The zero-order valence-corrected chi connectivity index (χ0v) is 15.0. The minimum absolute atomic E-state index is 0.224. The number of anilines is 1. The fraction of sp³-hybridized carbons (Fsp3) is 0.0952. The molecule has 0 heterocycles. The van der Waals surface area contributed by atoms with Gasteiger partial charge in [0.2, 0.25) is 5.91 Å². The summed E-state index contributed by atoms with van der Waals surface area (Å²) in [7, 11) is 1.57. The van der Waals surface area contributed by atoms with Gasteiger partial charge >= 0.3 is 0 Å². The van der Waals surface area contributed by atoms with Crippen molar-refractivity contribution < 1.29 is 13.9 Å². The summed E-state index contributed by atoms with van der Waals surface area (Å²) >= 11 is 1.19. The summed E-state index contributed by atoms with van der Waals surface area (Å²) in [6.07, 6.45) is 0. The molecule has 0 radical (unpaired) electrons. The van der Waals surface area contributed by atoms with Gasteiger partial charge < -0.3 is 10.1 Å². The minimum Gasteiger partial charge on any atom is -0.497 e. The molecule has 3 nitrogen and oxygen atoms in total. The van der Waals surface area contributed by atoms with Crippen LogP contribution in [0.15, 0.2) is 83.8 Å². The lowest BCUT2D eigenvalue weighted by Gasteiger charge is -2.17. The van der Waals surface area contributed by atoms with Gasteiger partial charge in [0.25, 0.3) is 0 Å². The van der Waals surface area contributed by atoms with Crippen molar-refractivity contribution in [3.63, 3.8) is 0 Å². The molecule has 1 atom stereocenters. The molecule has 26 heavy (non-hydrogen) atoms. The Morgan fingerprint density at radius 3 is 2.46 bits per heavy atom. The van der Waals surface area contributed by atoms with Crippen molar-refractivity contribution >= 4 is 23.4 Å². The highest BCUT2D eigenvalue weighted by Gasteiger charge is 2.23. The number of benzene rings is 3. The molecule has 132 valence electrons. The Bertz CT molecular complexity index is 886. The number of amides is 1. The average Bonchev–Trinajstić information content (AvgIpc) is 2.68. The molecular formula is C21H18FNO2S. The van der Waals surface area contributed by atoms with Crippen LogP contribution in [0.5, 0.6) is 5.75 Å². The highest BCUT2D eigenvalue weighted by molar-refractivity contribution is 8.00. The summed E-state index contributed by atoms with van der Waals surface area (Å²) in [6, 6.07) is 22.9. The summed E-state index contributed by atoms with van der Waals surface area (Å²) < 4.78 is 19.3. The summed E-state index contributed by atoms with van der Waals surface area (Å²) in [5, 5.41) is 2.31. The Balaban J connectivity index is 1.87. The Labute approximate surface area is 156 Å². The lowest BCUT2D eigenvalue weighted by atomic mass is 10.1. The van der Waals surface area contributed by atoms with Crippen LogP contribution in [0.2, 0.25) is 0 Å². The molecule has 0 aliphatic rings. The van der Waals surface area contributed by atoms with E-state index >= 15 is 0 Å². The Kier molecular flexibility index (Phi) is 5.92. The van der Waals surface area contributed by atoms with Crippen LogP contribution in [0.25, 0.3) is 0 Å². The van der Waals surface area contributed by atoms with Crippen molar-refractivity contribution in [2.75, 3.05) is 12.4 Å². The van der Waals surface area contributed by atoms with Crippen LogP contribution < -0.4 is 10.1 Å². The number of ether oxygens (including phenoxy) is 1. The molecular weight excluding hydrogens is 349 g/mol. The summed E-state index contributed by atoms with van der Waals surface area (Å²) in [6.45, 7) is 0. The molecule has 0 aliphatic carbocycles. The highest BCUT2D eigenvalue weighted by Crippen LogP contribution is 2.37. The van der Waals surface area contributed by atoms with Crippen LogP contribution in [0.3, 0.4) is 0 Å². The topological polar surface area (TPSA) is 38.3 Å². The zero-order valence-electron chi connectivity index (χ0n) is 14.2. The number of nitrogens with one attached hydrogen (secondary N) is 1. The van der Waals surface area contributed by atoms with E-state index in [1.54, 1.807) is 49.6 Å². The maximum Gasteiger partial charge on any atom is 0.242 e. The van der Waals surface area contributed by atoms with Crippen molar-refractivity contribution in [1.29, 1.82) is 0 Å². The number of thioether (sulfide) groups is 1. The molecule has 1 N–H and O–H groups in total. The van der Waals surface area contributed by atoms with Gasteiger partial charge in [0.1, 0.15) is 16.8 Å². The van der Waals surface area contributed by atoms with E-state index in [1.807, 2.05) is 30.3 Å². The number of carbonyl (C=O) groups excluding carboxylic acids is 1. The van der Waals surface area contributed by atoms with Crippen molar-refractivity contribution in [1.82, 2.24) is 0 Å². The second-order valence-electron chi connectivity index (χ2n) is 5.56. The van der Waals surface area contributed by atoms with Gasteiger partial charge in [-0.25, -0.2) is 4.39 Å². The monoisotopic (exact) mass is 367 g/mol. The van der Waals surface area contributed by atoms with E-state index in [0.717, 1.165) is 5.56 Å². The minimum atomic E-state index is -0.584. The second kappa shape index (κ2) is 8.54. The Morgan fingerprint density at radius 2 is 1.73 bits per heavy atom. The van der Waals surface area contributed by atoms with Crippen LogP contribution in [-0.2, 0) is 4.79 Å². The molecule has 0 saturated heterocycles. The molecule has 1 amide bonds. The number of carbonyl (C=O) groups is 1. The van der Waals surface area contributed by atoms with E-state index in [4.69, 9.17) is 4.74 Å². The lowest BCUT2D eigenvalue weighted by molar-refractivity contribution is -0.115. The van der Waals surface area contributed by atoms with E-state index in [-0.39, 0.29) is 11.7 Å². The van der Waals surface area contributed by atoms with Crippen LogP contribution in [0.1, 0.15) is 10.8 Å². The van der Waals surface area contributed by atoms with Gasteiger partial charge in [-0.15, -0.1) is 11.8 Å². The van der Waals surface area contributed by atoms with Crippen molar-refractivity contribution in [2.24, 2.45) is 0 Å². The van der Waals surface area contributed by atoms with Crippen LogP contribution in [0, 0.1) is 5.82 Å². The fourth-order valence-corrected chi connectivity index (χ4v) is 3.53. The molecule has 0 saturated carbocycles. The van der Waals surface area contributed by atoms with Crippen molar-refractivity contribution in [3.05, 3.63) is 90.2 Å². The van der Waals surface area contributed by atoms with E-state index in [0.29, 0.717) is 16.3 Å². The van der Waals surface area contributed by atoms with Crippen LogP contribution in [-0.4, -0.2) is 13.0 Å². The molecule has 0 bridgehead atoms. The van der Waals surface area contributed by atoms with E-state index in [2.05, 4.69) is 5.32 Å². The maximum absolute atomic E-state index is 14.1. The first-order valence-corrected chi connectivity index (χ1v) is 8.96. The normalized spacial score (nSPS) is 11.6. The van der Waals surface area contributed by atoms with E-state index < -0.39 is 5.25 Å². The maximum atomic E-state index is 14.1. The number of halogens is 1. The number of hydrogen-bond acceptors (Lipinski definition) is 3. The molecule has 0 aliphatic heterocycles. The largest absolute Gasteiger partial charge is 0.497 e. The standard InChI is InChI=1S/C21H18FNO2S/c1-25-17-11-7-10-16(14-17)23-21(24)20(15-8-3-2-4-9-15)26-19-13-6-5-12-18(19)22/h2-14,20H,1H3,(H,23,24). The fourth-order valence-electron chi connectivity index (χ4n) is 2.48. The molecule has 3 aromatic rings. The first-order valence-electron chi connectivity index (χ1n) is 8.08.